The van der Waals surface area contributed by atoms with Gasteiger partial charge in [0.15, 0.2) is 0 Å². The minimum atomic E-state index is -1.07. The molecule has 0 radical (unpaired) electrons. The molecule has 0 saturated heterocycles. The molecule has 130 valence electrons. The highest BCUT2D eigenvalue weighted by molar-refractivity contribution is 5.70. The number of aliphatic hydroxyl groups is 2. The molecule has 0 rings (SSSR count). The molecule has 0 aliphatic rings. The molecule has 0 aromatic rings. The third-order valence-corrected chi connectivity index (χ3v) is 2.57. The van der Waals surface area contributed by atoms with Crippen LogP contribution in [-0.4, -0.2) is 45.6 Å². The molecule has 2 atom stereocenters. The van der Waals surface area contributed by atoms with Crippen molar-refractivity contribution in [3.63, 3.8) is 0 Å². The topological polar surface area (TPSA) is 93.1 Å². The lowest BCUT2D eigenvalue weighted by Crippen LogP contribution is -2.30. The fraction of sp³-hybridized carbons (Fsp3) is 0.875. The average Bonchev–Trinajstić information content (AvgIpc) is 2.28. The molecular formula is C16H30O6. The fourth-order valence-corrected chi connectivity index (χ4v) is 1.70. The molecule has 0 saturated carbocycles. The second-order valence-electron chi connectivity index (χ2n) is 7.38. The van der Waals surface area contributed by atoms with Gasteiger partial charge in [-0.15, -0.1) is 0 Å². The van der Waals surface area contributed by atoms with Crippen LogP contribution in [0.3, 0.4) is 0 Å². The molecule has 0 aromatic carbocycles. The van der Waals surface area contributed by atoms with E-state index in [4.69, 9.17) is 9.47 Å². The van der Waals surface area contributed by atoms with E-state index in [0.29, 0.717) is 0 Å². The molecule has 0 amide bonds. The summed E-state index contributed by atoms with van der Waals surface area (Å²) in [6.07, 6.45) is -1.94. The molecule has 22 heavy (non-hydrogen) atoms. The minimum absolute atomic E-state index is 0.0158. The predicted molar refractivity (Wildman–Crippen MR) is 82.2 cm³/mol. The number of rotatable bonds is 7. The molecule has 0 fully saturated rings. The summed E-state index contributed by atoms with van der Waals surface area (Å²) in [5, 5.41) is 19.6. The van der Waals surface area contributed by atoms with E-state index in [1.807, 2.05) is 0 Å². The van der Waals surface area contributed by atoms with E-state index in [1.165, 1.54) is 0 Å². The van der Waals surface area contributed by atoms with Gasteiger partial charge in [-0.2, -0.15) is 0 Å². The van der Waals surface area contributed by atoms with Crippen LogP contribution in [0.25, 0.3) is 0 Å². The Hall–Kier alpha value is -1.14. The van der Waals surface area contributed by atoms with Gasteiger partial charge in [0, 0.05) is 12.8 Å². The number of carbonyl (C=O) groups excluding carboxylic acids is 2. The molecule has 2 N–H and O–H groups in total. The molecule has 0 aromatic heterocycles. The maximum Gasteiger partial charge on any atom is 0.306 e. The van der Waals surface area contributed by atoms with E-state index in [2.05, 4.69) is 0 Å². The Balaban J connectivity index is 4.05. The third kappa shape index (κ3) is 11.5. The third-order valence-electron chi connectivity index (χ3n) is 2.57. The summed E-state index contributed by atoms with van der Waals surface area (Å²) < 4.78 is 10.2. The SMILES string of the molecule is CC(C)(C)OC(=O)CC[C@@H](O)[C@H](O)CCC(=O)OC(C)(C)C. The van der Waals surface area contributed by atoms with Crippen molar-refractivity contribution in [2.75, 3.05) is 0 Å². The first-order chi connectivity index (χ1) is 9.80. The Labute approximate surface area is 132 Å². The first-order valence-electron chi connectivity index (χ1n) is 7.60. The molecule has 0 unspecified atom stereocenters. The number of ether oxygens (including phenoxy) is 2. The van der Waals surface area contributed by atoms with Crippen LogP contribution in [0.2, 0.25) is 0 Å². The van der Waals surface area contributed by atoms with Crippen molar-refractivity contribution in [3.05, 3.63) is 0 Å². The standard InChI is InChI=1S/C16H30O6/c1-15(2,3)21-13(19)9-7-11(17)12(18)8-10-14(20)22-16(4,5)6/h11-12,17-18H,7-10H2,1-6H3/t11-,12-/m1/s1. The second-order valence-corrected chi connectivity index (χ2v) is 7.38. The molecule has 0 aliphatic heterocycles. The Kier molecular flexibility index (Phi) is 8.04. The zero-order chi connectivity index (χ0) is 17.6. The molecule has 6 nitrogen and oxygen atoms in total. The smallest absolute Gasteiger partial charge is 0.306 e. The van der Waals surface area contributed by atoms with Crippen LogP contribution in [-0.2, 0) is 19.1 Å². The van der Waals surface area contributed by atoms with E-state index in [9.17, 15) is 19.8 Å². The van der Waals surface area contributed by atoms with Crippen molar-refractivity contribution in [3.8, 4) is 0 Å². The monoisotopic (exact) mass is 318 g/mol. The summed E-state index contributed by atoms with van der Waals surface area (Å²) in [5.74, 6) is -0.850. The van der Waals surface area contributed by atoms with Gasteiger partial charge >= 0.3 is 11.9 Å². The van der Waals surface area contributed by atoms with Gasteiger partial charge in [-0.05, 0) is 54.4 Å². The minimum Gasteiger partial charge on any atom is -0.460 e. The molecule has 6 heteroatoms. The van der Waals surface area contributed by atoms with Crippen LogP contribution < -0.4 is 0 Å². The molecule has 0 heterocycles. The lowest BCUT2D eigenvalue weighted by Gasteiger charge is -2.22. The van der Waals surface area contributed by atoms with Crippen LogP contribution in [0.4, 0.5) is 0 Å². The highest BCUT2D eigenvalue weighted by Gasteiger charge is 2.23. The summed E-state index contributed by atoms with van der Waals surface area (Å²) in [4.78, 5) is 23.0. The van der Waals surface area contributed by atoms with Gasteiger partial charge in [0.2, 0.25) is 0 Å². The zero-order valence-corrected chi connectivity index (χ0v) is 14.5. The largest absolute Gasteiger partial charge is 0.460 e. The molecule has 0 aliphatic carbocycles. The van der Waals surface area contributed by atoms with Crippen LogP contribution in [0.1, 0.15) is 67.2 Å². The Morgan fingerprint density at radius 3 is 1.27 bits per heavy atom. The molecule has 0 spiro atoms. The van der Waals surface area contributed by atoms with E-state index in [1.54, 1.807) is 41.5 Å². The second kappa shape index (κ2) is 8.48. The van der Waals surface area contributed by atoms with E-state index >= 15 is 0 Å². The first-order valence-corrected chi connectivity index (χ1v) is 7.60. The van der Waals surface area contributed by atoms with Crippen molar-refractivity contribution in [2.45, 2.75) is 90.6 Å². The van der Waals surface area contributed by atoms with Gasteiger partial charge in [0.05, 0.1) is 12.2 Å². The van der Waals surface area contributed by atoms with E-state index in [0.717, 1.165) is 0 Å². The quantitative estimate of drug-likeness (QED) is 0.697. The van der Waals surface area contributed by atoms with E-state index < -0.39 is 35.3 Å². The summed E-state index contributed by atoms with van der Waals surface area (Å²) in [7, 11) is 0. The zero-order valence-electron chi connectivity index (χ0n) is 14.5. The number of esters is 2. The lowest BCUT2D eigenvalue weighted by molar-refractivity contribution is -0.157. The summed E-state index contributed by atoms with van der Waals surface area (Å²) in [6, 6.07) is 0. The summed E-state index contributed by atoms with van der Waals surface area (Å²) in [5.41, 5.74) is -1.14. The number of hydrogen-bond acceptors (Lipinski definition) is 6. The molecule has 0 bridgehead atoms. The molecular weight excluding hydrogens is 288 g/mol. The van der Waals surface area contributed by atoms with Crippen molar-refractivity contribution in [1.82, 2.24) is 0 Å². The van der Waals surface area contributed by atoms with Gasteiger partial charge in [-0.3, -0.25) is 9.59 Å². The highest BCUT2D eigenvalue weighted by Crippen LogP contribution is 2.14. The predicted octanol–water partition coefficient (Wildman–Crippen LogP) is 1.95. The van der Waals surface area contributed by atoms with Crippen LogP contribution in [0, 0.1) is 0 Å². The Morgan fingerprint density at radius 1 is 0.773 bits per heavy atom. The Bertz CT molecular complexity index is 328. The number of aliphatic hydroxyl groups excluding tert-OH is 2. The number of hydrogen-bond donors (Lipinski definition) is 2. The maximum absolute atomic E-state index is 11.5. The van der Waals surface area contributed by atoms with Crippen LogP contribution in [0.5, 0.6) is 0 Å². The fourth-order valence-electron chi connectivity index (χ4n) is 1.70. The van der Waals surface area contributed by atoms with Crippen LogP contribution in [0.15, 0.2) is 0 Å². The van der Waals surface area contributed by atoms with Crippen molar-refractivity contribution in [1.29, 1.82) is 0 Å². The van der Waals surface area contributed by atoms with Crippen LogP contribution >= 0.6 is 0 Å². The van der Waals surface area contributed by atoms with Crippen molar-refractivity contribution < 1.29 is 29.3 Å². The van der Waals surface area contributed by atoms with Crippen molar-refractivity contribution >= 4 is 11.9 Å². The van der Waals surface area contributed by atoms with Gasteiger partial charge in [0.1, 0.15) is 11.2 Å². The number of carbonyl (C=O) groups is 2. The average molecular weight is 318 g/mol. The van der Waals surface area contributed by atoms with Gasteiger partial charge < -0.3 is 19.7 Å². The van der Waals surface area contributed by atoms with Gasteiger partial charge in [-0.1, -0.05) is 0 Å². The van der Waals surface area contributed by atoms with Gasteiger partial charge in [-0.25, -0.2) is 0 Å². The first kappa shape index (κ1) is 20.9. The van der Waals surface area contributed by atoms with Crippen molar-refractivity contribution in [2.24, 2.45) is 0 Å². The highest BCUT2D eigenvalue weighted by atomic mass is 16.6. The normalized spacial score (nSPS) is 15.1. The van der Waals surface area contributed by atoms with E-state index in [-0.39, 0.29) is 25.7 Å². The summed E-state index contributed by atoms with van der Waals surface area (Å²) >= 11 is 0. The van der Waals surface area contributed by atoms with Gasteiger partial charge in [0.25, 0.3) is 0 Å². The Morgan fingerprint density at radius 2 is 1.05 bits per heavy atom. The maximum atomic E-state index is 11.5. The lowest BCUT2D eigenvalue weighted by atomic mass is 10.0. The summed E-state index contributed by atoms with van der Waals surface area (Å²) in [6.45, 7) is 10.6.